The third kappa shape index (κ3) is 4.61. The summed E-state index contributed by atoms with van der Waals surface area (Å²) in [6.07, 6.45) is 5.74. The molecule has 1 saturated heterocycles. The van der Waals surface area contributed by atoms with Gasteiger partial charge in [-0.2, -0.15) is 0 Å². The molecule has 0 atom stereocenters. The van der Waals surface area contributed by atoms with E-state index in [0.29, 0.717) is 11.4 Å². The van der Waals surface area contributed by atoms with Crippen molar-refractivity contribution in [3.05, 3.63) is 89.3 Å². The van der Waals surface area contributed by atoms with E-state index in [0.717, 1.165) is 33.1 Å². The average molecular weight is 489 g/mol. The molecule has 170 valence electrons. The van der Waals surface area contributed by atoms with Crippen LogP contribution in [-0.2, 0) is 16.0 Å². The van der Waals surface area contributed by atoms with Crippen LogP contribution in [0.4, 0.5) is 10.8 Å². The maximum atomic E-state index is 12.9. The lowest BCUT2D eigenvalue weighted by Crippen LogP contribution is -2.35. The van der Waals surface area contributed by atoms with Crippen LogP contribution in [-0.4, -0.2) is 16.8 Å². The monoisotopic (exact) mass is 488 g/mol. The van der Waals surface area contributed by atoms with Crippen molar-refractivity contribution in [2.24, 2.45) is 0 Å². The van der Waals surface area contributed by atoms with Crippen molar-refractivity contribution in [3.8, 4) is 11.1 Å². The number of furan rings is 1. The van der Waals surface area contributed by atoms with Crippen LogP contribution in [0.5, 0.6) is 0 Å². The summed E-state index contributed by atoms with van der Waals surface area (Å²) in [5.74, 6) is -0.446. The normalized spacial score (nSPS) is 14.6. The van der Waals surface area contributed by atoms with E-state index in [-0.39, 0.29) is 5.57 Å². The number of thiazole rings is 1. The number of hydrazine groups is 1. The molecule has 34 heavy (non-hydrogen) atoms. The van der Waals surface area contributed by atoms with Gasteiger partial charge in [0.25, 0.3) is 11.8 Å². The number of rotatable bonds is 7. The van der Waals surface area contributed by atoms with Crippen molar-refractivity contribution in [2.75, 3.05) is 9.73 Å². The average Bonchev–Trinajstić information content (AvgIpc) is 3.62. The maximum absolute atomic E-state index is 12.9. The lowest BCUT2D eigenvalue weighted by molar-refractivity contribution is -0.117. The number of carbonyl (C=O) groups excluding carboxylic acids is 2. The first-order chi connectivity index (χ1) is 16.6. The molecule has 1 aliphatic heterocycles. The maximum Gasteiger partial charge on any atom is 0.282 e. The number of aromatic nitrogens is 1. The van der Waals surface area contributed by atoms with E-state index in [1.54, 1.807) is 23.8 Å². The standard InChI is InChI=1S/C25H20N4O3S2/c1-2-16-3-7-19(8-4-16)29-24(31)22(23(30)27-29)14-20-13-18(15-32-20)17-5-9-21(10-6-17)34-28-25-26-11-12-33-25/h3-15H,2H2,1H3,(H,26,28)(H,27,30)/b22-14+. The van der Waals surface area contributed by atoms with E-state index in [4.69, 9.17) is 4.42 Å². The smallest absolute Gasteiger partial charge is 0.282 e. The zero-order chi connectivity index (χ0) is 23.5. The number of nitrogens with one attached hydrogen (secondary N) is 2. The fourth-order valence-electron chi connectivity index (χ4n) is 3.43. The van der Waals surface area contributed by atoms with E-state index in [2.05, 4.69) is 22.1 Å². The summed E-state index contributed by atoms with van der Waals surface area (Å²) in [7, 11) is 0. The van der Waals surface area contributed by atoms with Crippen molar-refractivity contribution < 1.29 is 14.0 Å². The Morgan fingerprint density at radius 1 is 1.12 bits per heavy atom. The van der Waals surface area contributed by atoms with Crippen LogP contribution in [0, 0.1) is 0 Å². The molecule has 2 aromatic carbocycles. The molecule has 4 aromatic rings. The zero-order valence-corrected chi connectivity index (χ0v) is 19.8. The van der Waals surface area contributed by atoms with Crippen LogP contribution in [0.25, 0.3) is 17.2 Å². The van der Waals surface area contributed by atoms with Gasteiger partial charge in [-0.25, -0.2) is 9.99 Å². The minimum absolute atomic E-state index is 0.0282. The Labute approximate surface area is 204 Å². The highest BCUT2D eigenvalue weighted by molar-refractivity contribution is 8.00. The number of hydrogen-bond donors (Lipinski definition) is 2. The molecule has 0 radical (unpaired) electrons. The number of nitrogens with zero attached hydrogens (tertiary/aromatic N) is 2. The summed E-state index contributed by atoms with van der Waals surface area (Å²) in [4.78, 5) is 30.6. The summed E-state index contributed by atoms with van der Waals surface area (Å²) >= 11 is 3.03. The Morgan fingerprint density at radius 2 is 1.91 bits per heavy atom. The third-order valence-corrected chi connectivity index (χ3v) is 6.90. The van der Waals surface area contributed by atoms with E-state index < -0.39 is 11.8 Å². The van der Waals surface area contributed by atoms with Crippen LogP contribution in [0.3, 0.4) is 0 Å². The lowest BCUT2D eigenvalue weighted by atomic mass is 10.1. The van der Waals surface area contributed by atoms with Crippen molar-refractivity contribution in [1.29, 1.82) is 0 Å². The van der Waals surface area contributed by atoms with E-state index in [9.17, 15) is 9.59 Å². The minimum Gasteiger partial charge on any atom is -0.464 e. The number of hydrogen-bond acceptors (Lipinski definition) is 7. The quantitative estimate of drug-likeness (QED) is 0.202. The summed E-state index contributed by atoms with van der Waals surface area (Å²) in [6.45, 7) is 2.06. The second-order valence-electron chi connectivity index (χ2n) is 7.46. The molecule has 0 saturated carbocycles. The molecule has 0 aliphatic carbocycles. The summed E-state index contributed by atoms with van der Waals surface area (Å²) in [6, 6.07) is 17.3. The van der Waals surface area contributed by atoms with E-state index in [1.165, 1.54) is 23.0 Å². The predicted molar refractivity (Wildman–Crippen MR) is 135 cm³/mol. The number of carbonyl (C=O) groups is 2. The zero-order valence-electron chi connectivity index (χ0n) is 18.1. The van der Waals surface area contributed by atoms with Crippen molar-refractivity contribution in [3.63, 3.8) is 0 Å². The first-order valence-electron chi connectivity index (χ1n) is 10.6. The van der Waals surface area contributed by atoms with Gasteiger partial charge in [-0.3, -0.25) is 15.0 Å². The minimum atomic E-state index is -0.461. The number of benzene rings is 2. The lowest BCUT2D eigenvalue weighted by Gasteiger charge is -2.14. The van der Waals surface area contributed by atoms with Gasteiger partial charge in [0.2, 0.25) is 0 Å². The molecule has 0 spiro atoms. The van der Waals surface area contributed by atoms with Crippen LogP contribution in [0.1, 0.15) is 18.2 Å². The molecule has 0 bridgehead atoms. The predicted octanol–water partition coefficient (Wildman–Crippen LogP) is 5.55. The van der Waals surface area contributed by atoms with Crippen LogP contribution in [0.2, 0.25) is 0 Å². The Bertz CT molecular complexity index is 1340. The number of aryl methyl sites for hydroxylation is 1. The third-order valence-electron chi connectivity index (χ3n) is 5.28. The largest absolute Gasteiger partial charge is 0.464 e. The van der Waals surface area contributed by atoms with E-state index >= 15 is 0 Å². The topological polar surface area (TPSA) is 87.5 Å². The van der Waals surface area contributed by atoms with Crippen molar-refractivity contribution >= 4 is 52.0 Å². The number of anilines is 2. The molecule has 9 heteroatoms. The van der Waals surface area contributed by atoms with Crippen LogP contribution in [0.15, 0.2) is 87.3 Å². The van der Waals surface area contributed by atoms with Gasteiger partial charge in [0, 0.05) is 22.0 Å². The SMILES string of the molecule is CCc1ccc(N2NC(=O)/C(=C\c3cc(-c4ccc(SNc5nccs5)cc4)co3)C2=O)cc1. The number of amides is 2. The Balaban J connectivity index is 1.28. The van der Waals surface area contributed by atoms with Crippen LogP contribution < -0.4 is 15.2 Å². The highest BCUT2D eigenvalue weighted by Gasteiger charge is 2.34. The van der Waals surface area contributed by atoms with E-state index in [1.807, 2.05) is 60.0 Å². The Morgan fingerprint density at radius 3 is 2.62 bits per heavy atom. The fraction of sp³-hybridized carbons (Fsp3) is 0.0800. The highest BCUT2D eigenvalue weighted by atomic mass is 32.2. The fourth-order valence-corrected chi connectivity index (χ4v) is 4.65. The first-order valence-corrected chi connectivity index (χ1v) is 12.3. The van der Waals surface area contributed by atoms with Gasteiger partial charge in [-0.15, -0.1) is 11.3 Å². The molecule has 5 rings (SSSR count). The molecule has 1 fully saturated rings. The van der Waals surface area contributed by atoms with Gasteiger partial charge < -0.3 is 9.14 Å². The van der Waals surface area contributed by atoms with Gasteiger partial charge in [0.1, 0.15) is 11.3 Å². The molecule has 2 aromatic heterocycles. The Kier molecular flexibility index (Phi) is 6.20. The molecule has 2 amide bonds. The van der Waals surface area contributed by atoms with Gasteiger partial charge in [0.15, 0.2) is 5.13 Å². The second kappa shape index (κ2) is 9.58. The van der Waals surface area contributed by atoms with Gasteiger partial charge >= 0.3 is 0 Å². The molecular formula is C25H20N4O3S2. The summed E-state index contributed by atoms with van der Waals surface area (Å²) in [5.41, 5.74) is 6.23. The molecule has 7 nitrogen and oxygen atoms in total. The molecule has 0 unspecified atom stereocenters. The second-order valence-corrected chi connectivity index (χ2v) is 9.24. The summed E-state index contributed by atoms with van der Waals surface area (Å²) < 4.78 is 8.82. The molecule has 2 N–H and O–H groups in total. The van der Waals surface area contributed by atoms with Gasteiger partial charge in [-0.05, 0) is 65.9 Å². The molecular weight excluding hydrogens is 468 g/mol. The van der Waals surface area contributed by atoms with Crippen LogP contribution >= 0.6 is 23.3 Å². The van der Waals surface area contributed by atoms with Gasteiger partial charge in [0.05, 0.1) is 12.0 Å². The summed E-state index contributed by atoms with van der Waals surface area (Å²) in [5, 5.41) is 4.03. The first kappa shape index (κ1) is 22.0. The van der Waals surface area contributed by atoms with Crippen molar-refractivity contribution in [1.82, 2.24) is 10.4 Å². The van der Waals surface area contributed by atoms with Crippen molar-refractivity contribution in [2.45, 2.75) is 18.2 Å². The van der Waals surface area contributed by atoms with Gasteiger partial charge in [-0.1, -0.05) is 31.2 Å². The molecule has 1 aliphatic rings. The highest BCUT2D eigenvalue weighted by Crippen LogP contribution is 2.29. The molecule has 3 heterocycles. The Hall–Kier alpha value is -3.82.